The summed E-state index contributed by atoms with van der Waals surface area (Å²) in [4.78, 5) is 11.4. The summed E-state index contributed by atoms with van der Waals surface area (Å²) < 4.78 is 0. The highest BCUT2D eigenvalue weighted by Crippen LogP contribution is 2.29. The average Bonchev–Trinajstić information content (AvgIpc) is 2.39. The maximum atomic E-state index is 5.88. The first-order valence-electron chi connectivity index (χ1n) is 7.25. The van der Waals surface area contributed by atoms with Crippen LogP contribution in [0.3, 0.4) is 0 Å². The number of aromatic nitrogens is 2. The SMILES string of the molecule is CC(C)c1nc(N)cc(NC2CN3CCC2CC3)n1. The maximum Gasteiger partial charge on any atom is 0.135 e. The van der Waals surface area contributed by atoms with Crippen molar-refractivity contribution in [2.75, 3.05) is 30.7 Å². The second-order valence-electron chi connectivity index (χ2n) is 6.08. The molecule has 3 aliphatic rings. The van der Waals surface area contributed by atoms with E-state index in [-0.39, 0.29) is 0 Å². The van der Waals surface area contributed by atoms with Crippen molar-refractivity contribution in [2.45, 2.75) is 38.6 Å². The van der Waals surface area contributed by atoms with Crippen LogP contribution >= 0.6 is 0 Å². The van der Waals surface area contributed by atoms with Crippen molar-refractivity contribution in [3.63, 3.8) is 0 Å². The van der Waals surface area contributed by atoms with Gasteiger partial charge >= 0.3 is 0 Å². The summed E-state index contributed by atoms with van der Waals surface area (Å²) in [6.07, 6.45) is 2.60. The molecule has 1 aromatic rings. The van der Waals surface area contributed by atoms with E-state index in [1.807, 2.05) is 6.07 Å². The number of nitrogens with two attached hydrogens (primary N) is 1. The number of anilines is 2. The molecule has 5 nitrogen and oxygen atoms in total. The molecular weight excluding hydrogens is 238 g/mol. The van der Waals surface area contributed by atoms with Gasteiger partial charge in [-0.05, 0) is 31.8 Å². The molecule has 5 heteroatoms. The molecule has 0 aromatic carbocycles. The van der Waals surface area contributed by atoms with Gasteiger partial charge in [0, 0.05) is 24.6 Å². The summed E-state index contributed by atoms with van der Waals surface area (Å²) in [5.74, 6) is 3.35. The van der Waals surface area contributed by atoms with E-state index in [1.165, 1.54) is 25.9 Å². The number of nitrogens with zero attached hydrogens (tertiary/aromatic N) is 3. The molecule has 1 aromatic heterocycles. The summed E-state index contributed by atoms with van der Waals surface area (Å²) in [5, 5.41) is 3.58. The Hall–Kier alpha value is -1.36. The second kappa shape index (κ2) is 4.96. The standard InChI is InChI=1S/C14H23N5/c1-9(2)14-17-12(15)7-13(18-14)16-11-8-19-5-3-10(11)4-6-19/h7,9-11H,3-6,8H2,1-2H3,(H3,15,16,17,18). The fourth-order valence-corrected chi connectivity index (χ4v) is 3.14. The smallest absolute Gasteiger partial charge is 0.135 e. The van der Waals surface area contributed by atoms with E-state index in [1.54, 1.807) is 0 Å². The minimum atomic E-state index is 0.301. The molecule has 1 unspecified atom stereocenters. The molecular formula is C14H23N5. The summed E-state index contributed by atoms with van der Waals surface area (Å²) in [6, 6.07) is 2.36. The first-order valence-corrected chi connectivity index (χ1v) is 7.25. The van der Waals surface area contributed by atoms with Gasteiger partial charge in [-0.1, -0.05) is 13.8 Å². The van der Waals surface area contributed by atoms with Crippen LogP contribution < -0.4 is 11.1 Å². The van der Waals surface area contributed by atoms with Crippen molar-refractivity contribution >= 4 is 11.6 Å². The summed E-state index contributed by atoms with van der Waals surface area (Å²) in [5.41, 5.74) is 5.88. The topological polar surface area (TPSA) is 67.1 Å². The zero-order valence-electron chi connectivity index (χ0n) is 11.8. The minimum Gasteiger partial charge on any atom is -0.384 e. The summed E-state index contributed by atoms with van der Waals surface area (Å²) in [7, 11) is 0. The first-order chi connectivity index (χ1) is 9.11. The van der Waals surface area contributed by atoms with E-state index in [2.05, 4.69) is 34.0 Å². The third-order valence-corrected chi connectivity index (χ3v) is 4.27. The van der Waals surface area contributed by atoms with Crippen molar-refractivity contribution in [1.29, 1.82) is 0 Å². The zero-order chi connectivity index (χ0) is 13.4. The van der Waals surface area contributed by atoms with Gasteiger partial charge in [0.1, 0.15) is 17.5 Å². The maximum absolute atomic E-state index is 5.88. The molecule has 0 amide bonds. The molecule has 0 radical (unpaired) electrons. The van der Waals surface area contributed by atoms with Crippen molar-refractivity contribution < 1.29 is 0 Å². The average molecular weight is 261 g/mol. The normalized spacial score (nSPS) is 29.7. The lowest BCUT2D eigenvalue weighted by atomic mass is 9.84. The molecule has 2 bridgehead atoms. The number of hydrogen-bond acceptors (Lipinski definition) is 5. The van der Waals surface area contributed by atoms with E-state index in [0.29, 0.717) is 17.8 Å². The number of fused-ring (bicyclic) bond motifs is 3. The molecule has 4 heterocycles. The Morgan fingerprint density at radius 1 is 1.32 bits per heavy atom. The van der Waals surface area contributed by atoms with Crippen LogP contribution in [0.5, 0.6) is 0 Å². The van der Waals surface area contributed by atoms with E-state index in [9.17, 15) is 0 Å². The number of nitrogens with one attached hydrogen (secondary N) is 1. The van der Waals surface area contributed by atoms with E-state index >= 15 is 0 Å². The van der Waals surface area contributed by atoms with Gasteiger partial charge in [0.2, 0.25) is 0 Å². The van der Waals surface area contributed by atoms with Crippen LogP contribution in [0.1, 0.15) is 38.4 Å². The van der Waals surface area contributed by atoms with Crippen molar-refractivity contribution in [3.05, 3.63) is 11.9 Å². The van der Waals surface area contributed by atoms with E-state index in [4.69, 9.17) is 5.73 Å². The fraction of sp³-hybridized carbons (Fsp3) is 0.714. The van der Waals surface area contributed by atoms with Crippen LogP contribution in [0, 0.1) is 5.92 Å². The number of nitrogen functional groups attached to an aromatic ring is 1. The molecule has 19 heavy (non-hydrogen) atoms. The van der Waals surface area contributed by atoms with E-state index < -0.39 is 0 Å². The van der Waals surface area contributed by atoms with Crippen molar-refractivity contribution in [3.8, 4) is 0 Å². The Bertz CT molecular complexity index is 451. The highest BCUT2D eigenvalue weighted by atomic mass is 15.2. The number of rotatable bonds is 3. The van der Waals surface area contributed by atoms with Crippen LogP contribution in [0.4, 0.5) is 11.6 Å². The van der Waals surface area contributed by atoms with Gasteiger partial charge in [-0.25, -0.2) is 9.97 Å². The molecule has 0 saturated carbocycles. The van der Waals surface area contributed by atoms with Crippen molar-refractivity contribution in [1.82, 2.24) is 14.9 Å². The summed E-state index contributed by atoms with van der Waals surface area (Å²) in [6.45, 7) is 7.82. The van der Waals surface area contributed by atoms with Gasteiger partial charge in [0.15, 0.2) is 0 Å². The van der Waals surface area contributed by atoms with Gasteiger partial charge in [-0.2, -0.15) is 0 Å². The Labute approximate surface area is 114 Å². The highest BCUT2D eigenvalue weighted by molar-refractivity contribution is 5.46. The second-order valence-corrected chi connectivity index (χ2v) is 6.08. The minimum absolute atomic E-state index is 0.301. The molecule has 3 fully saturated rings. The van der Waals surface area contributed by atoms with Crippen LogP contribution in [-0.2, 0) is 0 Å². The van der Waals surface area contributed by atoms with Crippen LogP contribution in [0.25, 0.3) is 0 Å². The third kappa shape index (κ3) is 2.66. The molecule has 1 atom stereocenters. The van der Waals surface area contributed by atoms with E-state index in [0.717, 1.165) is 24.1 Å². The first kappa shape index (κ1) is 12.7. The molecule has 3 aliphatic heterocycles. The fourth-order valence-electron chi connectivity index (χ4n) is 3.14. The molecule has 3 N–H and O–H groups in total. The quantitative estimate of drug-likeness (QED) is 0.866. The number of piperidine rings is 3. The summed E-state index contributed by atoms with van der Waals surface area (Å²) >= 11 is 0. The Balaban J connectivity index is 1.76. The predicted molar refractivity (Wildman–Crippen MR) is 77.1 cm³/mol. The van der Waals surface area contributed by atoms with Gasteiger partial charge in [-0.3, -0.25) is 0 Å². The highest BCUT2D eigenvalue weighted by Gasteiger charge is 2.34. The van der Waals surface area contributed by atoms with Gasteiger partial charge < -0.3 is 16.0 Å². The van der Waals surface area contributed by atoms with Crippen LogP contribution in [-0.4, -0.2) is 40.5 Å². The van der Waals surface area contributed by atoms with Gasteiger partial charge in [-0.15, -0.1) is 0 Å². The Kier molecular flexibility index (Phi) is 3.31. The monoisotopic (exact) mass is 261 g/mol. The lowest BCUT2D eigenvalue weighted by molar-refractivity contribution is 0.0973. The third-order valence-electron chi connectivity index (χ3n) is 4.27. The lowest BCUT2D eigenvalue weighted by Crippen LogP contribution is -2.53. The molecule has 104 valence electrons. The van der Waals surface area contributed by atoms with Gasteiger partial charge in [0.25, 0.3) is 0 Å². The molecule has 0 spiro atoms. The molecule has 4 rings (SSSR count). The zero-order valence-corrected chi connectivity index (χ0v) is 11.8. The predicted octanol–water partition coefficient (Wildman–Crippen LogP) is 1.69. The van der Waals surface area contributed by atoms with Gasteiger partial charge in [0.05, 0.1) is 0 Å². The Morgan fingerprint density at radius 2 is 2.05 bits per heavy atom. The van der Waals surface area contributed by atoms with Crippen molar-refractivity contribution in [2.24, 2.45) is 5.92 Å². The molecule has 3 saturated heterocycles. The number of hydrogen-bond donors (Lipinski definition) is 2. The largest absolute Gasteiger partial charge is 0.384 e. The Morgan fingerprint density at radius 3 is 2.63 bits per heavy atom. The van der Waals surface area contributed by atoms with Crippen LogP contribution in [0.15, 0.2) is 6.07 Å². The molecule has 0 aliphatic carbocycles. The lowest BCUT2D eigenvalue weighted by Gasteiger charge is -2.45. The van der Waals surface area contributed by atoms with Crippen LogP contribution in [0.2, 0.25) is 0 Å².